The summed E-state index contributed by atoms with van der Waals surface area (Å²) in [6.07, 6.45) is 3.07. The van der Waals surface area contributed by atoms with Gasteiger partial charge in [-0.25, -0.2) is 0 Å². The van der Waals surface area contributed by atoms with Crippen LogP contribution in [-0.4, -0.2) is 5.11 Å². The van der Waals surface area contributed by atoms with Crippen LogP contribution in [-0.2, 0) is 6.42 Å². The second-order valence-corrected chi connectivity index (χ2v) is 3.49. The average molecular weight is 197 g/mol. The van der Waals surface area contributed by atoms with Crippen LogP contribution in [0.25, 0.3) is 0 Å². The maximum Gasteiger partial charge on any atom is 0.115 e. The van der Waals surface area contributed by atoms with Gasteiger partial charge in [-0.05, 0) is 36.1 Å². The Morgan fingerprint density at radius 3 is 2.20 bits per heavy atom. The van der Waals surface area contributed by atoms with Crippen LogP contribution in [0, 0.1) is 6.42 Å². The van der Waals surface area contributed by atoms with E-state index in [0.717, 1.165) is 6.42 Å². The van der Waals surface area contributed by atoms with Crippen molar-refractivity contribution in [2.45, 2.75) is 6.42 Å². The van der Waals surface area contributed by atoms with Crippen LogP contribution >= 0.6 is 0 Å². The van der Waals surface area contributed by atoms with E-state index < -0.39 is 0 Å². The minimum absolute atomic E-state index is 0.318. The molecule has 15 heavy (non-hydrogen) atoms. The molecule has 0 aliphatic rings. The second-order valence-electron chi connectivity index (χ2n) is 3.49. The maximum absolute atomic E-state index is 9.13. The molecule has 0 heterocycles. The lowest BCUT2D eigenvalue weighted by molar-refractivity contribution is 0.475. The lowest BCUT2D eigenvalue weighted by Gasteiger charge is -2.01. The molecule has 0 amide bonds. The molecule has 0 saturated carbocycles. The molecule has 0 unspecified atom stereocenters. The van der Waals surface area contributed by atoms with Crippen molar-refractivity contribution in [3.63, 3.8) is 0 Å². The highest BCUT2D eigenvalue weighted by atomic mass is 16.3. The fourth-order valence-electron chi connectivity index (χ4n) is 1.46. The molecule has 0 aromatic heterocycles. The van der Waals surface area contributed by atoms with E-state index >= 15 is 0 Å². The van der Waals surface area contributed by atoms with E-state index in [4.69, 9.17) is 5.11 Å². The van der Waals surface area contributed by atoms with Crippen molar-refractivity contribution >= 4 is 0 Å². The van der Waals surface area contributed by atoms with Gasteiger partial charge in [0.15, 0.2) is 0 Å². The third-order valence-electron chi connectivity index (χ3n) is 2.31. The van der Waals surface area contributed by atoms with Gasteiger partial charge in [-0.15, -0.1) is 0 Å². The van der Waals surface area contributed by atoms with Gasteiger partial charge in [0.25, 0.3) is 0 Å². The van der Waals surface area contributed by atoms with Gasteiger partial charge in [0, 0.05) is 0 Å². The van der Waals surface area contributed by atoms with Gasteiger partial charge < -0.3 is 5.11 Å². The van der Waals surface area contributed by atoms with Crippen LogP contribution in [0.5, 0.6) is 5.75 Å². The summed E-state index contributed by atoms with van der Waals surface area (Å²) in [5.41, 5.74) is 2.43. The van der Waals surface area contributed by atoms with Gasteiger partial charge in [0.1, 0.15) is 5.75 Å². The Bertz CT molecular complexity index is 403. The molecule has 1 radical (unpaired) electrons. The Kier molecular flexibility index (Phi) is 3.03. The minimum Gasteiger partial charge on any atom is -0.508 e. The van der Waals surface area contributed by atoms with Crippen molar-refractivity contribution in [3.05, 3.63) is 72.1 Å². The Labute approximate surface area is 90.0 Å². The molecule has 0 spiro atoms. The zero-order chi connectivity index (χ0) is 10.5. The van der Waals surface area contributed by atoms with Crippen molar-refractivity contribution in [2.75, 3.05) is 0 Å². The molecule has 2 rings (SSSR count). The Balaban J connectivity index is 1.96. The van der Waals surface area contributed by atoms with Gasteiger partial charge >= 0.3 is 0 Å². The van der Waals surface area contributed by atoms with E-state index in [1.807, 2.05) is 30.3 Å². The third-order valence-corrected chi connectivity index (χ3v) is 2.31. The van der Waals surface area contributed by atoms with Crippen molar-refractivity contribution in [3.8, 4) is 5.75 Å². The molecular weight excluding hydrogens is 184 g/mol. The molecule has 0 fully saturated rings. The smallest absolute Gasteiger partial charge is 0.115 e. The van der Waals surface area contributed by atoms with Crippen molar-refractivity contribution in [1.82, 2.24) is 0 Å². The minimum atomic E-state index is 0.318. The first-order valence-electron chi connectivity index (χ1n) is 5.01. The van der Waals surface area contributed by atoms with Crippen molar-refractivity contribution < 1.29 is 5.11 Å². The Morgan fingerprint density at radius 1 is 0.867 bits per heavy atom. The number of hydrogen-bond donors (Lipinski definition) is 1. The molecule has 0 atom stereocenters. The fraction of sp³-hybridized carbons (Fsp3) is 0.0714. The number of phenols is 1. The van der Waals surface area contributed by atoms with E-state index in [1.54, 1.807) is 12.1 Å². The number of aromatic hydroxyl groups is 1. The quantitative estimate of drug-likeness (QED) is 0.801. The summed E-state index contributed by atoms with van der Waals surface area (Å²) in [4.78, 5) is 0. The molecule has 2 aromatic carbocycles. The Morgan fingerprint density at radius 2 is 1.53 bits per heavy atom. The zero-order valence-electron chi connectivity index (χ0n) is 8.43. The fourth-order valence-corrected chi connectivity index (χ4v) is 1.46. The van der Waals surface area contributed by atoms with E-state index in [9.17, 15) is 0 Å². The first-order valence-corrected chi connectivity index (χ1v) is 5.01. The van der Waals surface area contributed by atoms with Gasteiger partial charge in [0.2, 0.25) is 0 Å². The SMILES string of the molecule is Oc1ccc(C[CH]c2ccccc2)cc1. The highest BCUT2D eigenvalue weighted by Crippen LogP contribution is 2.13. The third kappa shape index (κ3) is 2.84. The van der Waals surface area contributed by atoms with E-state index in [1.165, 1.54) is 11.1 Å². The number of benzene rings is 2. The normalized spacial score (nSPS) is 10.1. The van der Waals surface area contributed by atoms with Crippen LogP contribution in [0.1, 0.15) is 11.1 Å². The first-order chi connectivity index (χ1) is 7.34. The van der Waals surface area contributed by atoms with E-state index in [0.29, 0.717) is 5.75 Å². The molecule has 0 bridgehead atoms. The van der Waals surface area contributed by atoms with Crippen LogP contribution in [0.3, 0.4) is 0 Å². The molecular formula is C14H13O. The molecule has 75 valence electrons. The van der Waals surface area contributed by atoms with Gasteiger partial charge in [-0.1, -0.05) is 42.5 Å². The van der Waals surface area contributed by atoms with Gasteiger partial charge in [-0.2, -0.15) is 0 Å². The van der Waals surface area contributed by atoms with Crippen molar-refractivity contribution in [1.29, 1.82) is 0 Å². The number of rotatable bonds is 3. The number of phenolic OH excluding ortho intramolecular Hbond substituents is 1. The maximum atomic E-state index is 9.13. The largest absolute Gasteiger partial charge is 0.508 e. The van der Waals surface area contributed by atoms with Gasteiger partial charge in [-0.3, -0.25) is 0 Å². The molecule has 1 heteroatoms. The highest BCUT2D eigenvalue weighted by Gasteiger charge is 1.95. The summed E-state index contributed by atoms with van der Waals surface area (Å²) in [5, 5.41) is 9.13. The first kappa shape index (κ1) is 9.78. The molecule has 1 nitrogen and oxygen atoms in total. The summed E-state index contributed by atoms with van der Waals surface area (Å²) in [5.74, 6) is 0.318. The highest BCUT2D eigenvalue weighted by molar-refractivity contribution is 5.30. The zero-order valence-corrected chi connectivity index (χ0v) is 8.43. The van der Waals surface area contributed by atoms with E-state index in [-0.39, 0.29) is 0 Å². The standard InChI is InChI=1S/C14H13O/c15-14-10-8-13(9-11-14)7-6-12-4-2-1-3-5-12/h1-6,8-11,15H,7H2. The lowest BCUT2D eigenvalue weighted by Crippen LogP contribution is -1.87. The predicted octanol–water partition coefficient (Wildman–Crippen LogP) is 3.19. The molecule has 2 aromatic rings. The summed E-state index contributed by atoms with van der Waals surface area (Å²) in [6, 6.07) is 17.6. The monoisotopic (exact) mass is 197 g/mol. The van der Waals surface area contributed by atoms with Gasteiger partial charge in [0.05, 0.1) is 0 Å². The lowest BCUT2D eigenvalue weighted by atomic mass is 10.0. The van der Waals surface area contributed by atoms with Crippen LogP contribution in [0.4, 0.5) is 0 Å². The molecule has 0 aliphatic carbocycles. The van der Waals surface area contributed by atoms with Crippen molar-refractivity contribution in [2.24, 2.45) is 0 Å². The molecule has 1 N–H and O–H groups in total. The second kappa shape index (κ2) is 4.65. The molecule has 0 saturated heterocycles. The van der Waals surface area contributed by atoms with Crippen LogP contribution in [0.15, 0.2) is 54.6 Å². The topological polar surface area (TPSA) is 20.2 Å². The summed E-state index contributed by atoms with van der Waals surface area (Å²) < 4.78 is 0. The van der Waals surface area contributed by atoms with Crippen LogP contribution < -0.4 is 0 Å². The number of hydrogen-bond acceptors (Lipinski definition) is 1. The summed E-state index contributed by atoms with van der Waals surface area (Å²) in [6.45, 7) is 0. The predicted molar refractivity (Wildman–Crippen MR) is 61.7 cm³/mol. The summed E-state index contributed by atoms with van der Waals surface area (Å²) in [7, 11) is 0. The summed E-state index contributed by atoms with van der Waals surface area (Å²) >= 11 is 0. The average Bonchev–Trinajstić information content (AvgIpc) is 2.30. The van der Waals surface area contributed by atoms with Crippen LogP contribution in [0.2, 0.25) is 0 Å². The van der Waals surface area contributed by atoms with E-state index in [2.05, 4.69) is 18.6 Å². The Hall–Kier alpha value is -1.76. The molecule has 0 aliphatic heterocycles.